The smallest absolute Gasteiger partial charge is 0.225 e. The third-order valence-electron chi connectivity index (χ3n) is 6.01. The molecule has 1 saturated carbocycles. The Hall–Kier alpha value is -1.77. The number of benzene rings is 1. The fraction of sp³-hybridized carbons (Fsp3) is 0.524. The van der Waals surface area contributed by atoms with E-state index >= 15 is 0 Å². The minimum absolute atomic E-state index is 0.274. The highest BCUT2D eigenvalue weighted by atomic mass is 35.5. The van der Waals surface area contributed by atoms with Gasteiger partial charge in [0.2, 0.25) is 5.95 Å². The first-order valence-electron chi connectivity index (χ1n) is 10.1. The van der Waals surface area contributed by atoms with E-state index in [0.29, 0.717) is 34.9 Å². The standard InChI is InChI=1S/C21H25ClFN3O3S/c1-30(27,28)20-3-2-14(8-19(20)23)12-29-13-16-9-18(16)15-4-6-26(7-5-15)21-24-10-17(22)11-25-21/h2-3,8,10-11,15-16,18H,4-7,9,12-13H2,1H3/t16-,18+/m0/s1. The first-order valence-corrected chi connectivity index (χ1v) is 12.4. The van der Waals surface area contributed by atoms with Crippen molar-refractivity contribution in [3.05, 3.63) is 47.0 Å². The van der Waals surface area contributed by atoms with Gasteiger partial charge in [-0.3, -0.25) is 0 Å². The van der Waals surface area contributed by atoms with Gasteiger partial charge >= 0.3 is 0 Å². The van der Waals surface area contributed by atoms with Crippen LogP contribution in [0.2, 0.25) is 5.02 Å². The molecule has 4 rings (SSSR count). The molecule has 1 saturated heterocycles. The number of piperidine rings is 1. The molecular weight excluding hydrogens is 429 g/mol. The van der Waals surface area contributed by atoms with Crippen molar-refractivity contribution in [2.75, 3.05) is 30.9 Å². The number of hydrogen-bond donors (Lipinski definition) is 0. The number of halogens is 2. The third-order valence-corrected chi connectivity index (χ3v) is 7.33. The summed E-state index contributed by atoms with van der Waals surface area (Å²) in [5.41, 5.74) is 0.647. The van der Waals surface area contributed by atoms with Crippen LogP contribution in [0, 0.1) is 23.6 Å². The molecule has 2 aromatic rings. The van der Waals surface area contributed by atoms with Crippen molar-refractivity contribution >= 4 is 27.4 Å². The van der Waals surface area contributed by atoms with Gasteiger partial charge in [0.15, 0.2) is 9.84 Å². The van der Waals surface area contributed by atoms with Crippen LogP contribution in [0.3, 0.4) is 0 Å². The average molecular weight is 454 g/mol. The van der Waals surface area contributed by atoms with Crippen LogP contribution in [0.4, 0.5) is 10.3 Å². The van der Waals surface area contributed by atoms with E-state index in [0.717, 1.165) is 38.1 Å². The Morgan fingerprint density at radius 3 is 2.57 bits per heavy atom. The minimum Gasteiger partial charge on any atom is -0.376 e. The zero-order valence-corrected chi connectivity index (χ0v) is 18.4. The molecule has 0 unspecified atom stereocenters. The maximum Gasteiger partial charge on any atom is 0.225 e. The van der Waals surface area contributed by atoms with E-state index in [1.165, 1.54) is 18.6 Å². The molecular formula is C21H25ClFN3O3S. The van der Waals surface area contributed by atoms with Crippen LogP contribution in [-0.4, -0.2) is 44.3 Å². The molecule has 2 heterocycles. The van der Waals surface area contributed by atoms with Crippen LogP contribution in [0.15, 0.2) is 35.5 Å². The SMILES string of the molecule is CS(=O)(=O)c1ccc(COC[C@@H]2C[C@@H]2C2CCN(c3ncc(Cl)cn3)CC2)cc1F. The Morgan fingerprint density at radius 2 is 1.93 bits per heavy atom. The van der Waals surface area contributed by atoms with Crippen LogP contribution >= 0.6 is 11.6 Å². The summed E-state index contributed by atoms with van der Waals surface area (Å²) >= 11 is 5.85. The molecule has 0 radical (unpaired) electrons. The number of nitrogens with zero attached hydrogens (tertiary/aromatic N) is 3. The average Bonchev–Trinajstić information content (AvgIpc) is 3.47. The Kier molecular flexibility index (Phi) is 6.27. The summed E-state index contributed by atoms with van der Waals surface area (Å²) in [7, 11) is -3.55. The lowest BCUT2D eigenvalue weighted by atomic mass is 9.91. The third kappa shape index (κ3) is 5.10. The molecule has 30 heavy (non-hydrogen) atoms. The van der Waals surface area contributed by atoms with Crippen molar-refractivity contribution in [1.82, 2.24) is 9.97 Å². The highest BCUT2D eigenvalue weighted by Crippen LogP contribution is 2.48. The van der Waals surface area contributed by atoms with Crippen molar-refractivity contribution in [1.29, 1.82) is 0 Å². The number of anilines is 1. The molecule has 2 atom stereocenters. The van der Waals surface area contributed by atoms with Gasteiger partial charge in [0, 0.05) is 19.3 Å². The molecule has 1 aliphatic carbocycles. The minimum atomic E-state index is -3.55. The Bertz CT molecular complexity index is 995. The van der Waals surface area contributed by atoms with Crippen LogP contribution in [0.5, 0.6) is 0 Å². The first kappa shape index (κ1) is 21.5. The summed E-state index contributed by atoms with van der Waals surface area (Å²) in [6.07, 6.45) is 7.66. The van der Waals surface area contributed by atoms with E-state index < -0.39 is 15.7 Å². The fourth-order valence-electron chi connectivity index (χ4n) is 4.30. The summed E-state index contributed by atoms with van der Waals surface area (Å²) in [6.45, 7) is 2.84. The molecule has 1 aromatic heterocycles. The number of aromatic nitrogens is 2. The van der Waals surface area contributed by atoms with E-state index in [1.54, 1.807) is 18.5 Å². The van der Waals surface area contributed by atoms with Gasteiger partial charge in [-0.1, -0.05) is 17.7 Å². The predicted molar refractivity (Wildman–Crippen MR) is 113 cm³/mol. The Morgan fingerprint density at radius 1 is 1.23 bits per heavy atom. The van der Waals surface area contributed by atoms with Gasteiger partial charge in [0.05, 0.1) is 30.6 Å². The lowest BCUT2D eigenvalue weighted by Gasteiger charge is -2.32. The number of rotatable bonds is 7. The molecule has 2 aliphatic rings. The van der Waals surface area contributed by atoms with Crippen molar-refractivity contribution in [2.45, 2.75) is 30.8 Å². The lowest BCUT2D eigenvalue weighted by molar-refractivity contribution is 0.104. The van der Waals surface area contributed by atoms with Gasteiger partial charge in [0.1, 0.15) is 10.7 Å². The van der Waals surface area contributed by atoms with Gasteiger partial charge in [0.25, 0.3) is 0 Å². The summed E-state index contributed by atoms with van der Waals surface area (Å²) in [5, 5.41) is 0.545. The number of hydrogen-bond acceptors (Lipinski definition) is 6. The molecule has 6 nitrogen and oxygen atoms in total. The molecule has 0 amide bonds. The van der Waals surface area contributed by atoms with Gasteiger partial charge in [-0.05, 0) is 54.7 Å². The second-order valence-electron chi connectivity index (χ2n) is 8.24. The molecule has 162 valence electrons. The van der Waals surface area contributed by atoms with Crippen molar-refractivity contribution < 1.29 is 17.5 Å². The maximum atomic E-state index is 14.0. The van der Waals surface area contributed by atoms with Crippen LogP contribution in [0.1, 0.15) is 24.8 Å². The van der Waals surface area contributed by atoms with E-state index in [1.807, 2.05) is 0 Å². The second-order valence-corrected chi connectivity index (χ2v) is 10.7. The Labute approximate surface area is 181 Å². The maximum absolute atomic E-state index is 14.0. The summed E-state index contributed by atoms with van der Waals surface area (Å²) in [4.78, 5) is 10.5. The zero-order chi connectivity index (χ0) is 21.3. The van der Waals surface area contributed by atoms with Crippen molar-refractivity contribution in [3.63, 3.8) is 0 Å². The van der Waals surface area contributed by atoms with Gasteiger partial charge < -0.3 is 9.64 Å². The largest absolute Gasteiger partial charge is 0.376 e. The molecule has 1 aromatic carbocycles. The van der Waals surface area contributed by atoms with E-state index in [4.69, 9.17) is 16.3 Å². The zero-order valence-electron chi connectivity index (χ0n) is 16.8. The second kappa shape index (κ2) is 8.77. The normalized spacial score (nSPS) is 22.3. The first-order chi connectivity index (χ1) is 14.3. The lowest BCUT2D eigenvalue weighted by Crippen LogP contribution is -2.35. The monoisotopic (exact) mass is 453 g/mol. The van der Waals surface area contributed by atoms with Crippen LogP contribution in [-0.2, 0) is 21.2 Å². The van der Waals surface area contributed by atoms with Crippen molar-refractivity contribution in [2.24, 2.45) is 17.8 Å². The molecule has 1 aliphatic heterocycles. The van der Waals surface area contributed by atoms with Gasteiger partial charge in [-0.25, -0.2) is 22.8 Å². The molecule has 2 fully saturated rings. The molecule has 0 bridgehead atoms. The van der Waals surface area contributed by atoms with E-state index in [-0.39, 0.29) is 11.5 Å². The predicted octanol–water partition coefficient (Wildman–Crippen LogP) is 3.74. The highest BCUT2D eigenvalue weighted by molar-refractivity contribution is 7.90. The van der Waals surface area contributed by atoms with E-state index in [9.17, 15) is 12.8 Å². The molecule has 9 heteroatoms. The Balaban J connectivity index is 1.20. The number of sulfone groups is 1. The summed E-state index contributed by atoms with van der Waals surface area (Å²) in [5.74, 6) is 1.94. The topological polar surface area (TPSA) is 72.4 Å². The van der Waals surface area contributed by atoms with Crippen molar-refractivity contribution in [3.8, 4) is 0 Å². The summed E-state index contributed by atoms with van der Waals surface area (Å²) < 4.78 is 42.7. The quantitative estimate of drug-likeness (QED) is 0.635. The van der Waals surface area contributed by atoms with Crippen LogP contribution in [0.25, 0.3) is 0 Å². The molecule has 0 spiro atoms. The van der Waals surface area contributed by atoms with E-state index in [2.05, 4.69) is 14.9 Å². The van der Waals surface area contributed by atoms with Gasteiger partial charge in [-0.2, -0.15) is 0 Å². The van der Waals surface area contributed by atoms with Crippen LogP contribution < -0.4 is 4.90 Å². The van der Waals surface area contributed by atoms with Gasteiger partial charge in [-0.15, -0.1) is 0 Å². The summed E-state index contributed by atoms with van der Waals surface area (Å²) in [6, 6.07) is 4.16. The molecule has 0 N–H and O–H groups in total. The fourth-order valence-corrected chi connectivity index (χ4v) is 5.13. The highest BCUT2D eigenvalue weighted by Gasteiger charge is 2.43. The number of ether oxygens (including phenoxy) is 1.